The van der Waals surface area contributed by atoms with Crippen LogP contribution in [0, 0.1) is 0 Å². The zero-order valence-corrected chi connectivity index (χ0v) is 20.0. The molecule has 0 spiro atoms. The number of nitrogens with one attached hydrogen (secondary N) is 2. The molecule has 0 atom stereocenters. The van der Waals surface area contributed by atoms with Gasteiger partial charge in [-0.3, -0.25) is 9.59 Å². The highest BCUT2D eigenvalue weighted by Crippen LogP contribution is 2.23. The molecule has 1 aromatic carbocycles. The Kier molecular flexibility index (Phi) is 7.37. The zero-order valence-electron chi connectivity index (χ0n) is 17.9. The Morgan fingerprint density at radius 2 is 1.91 bits per heavy atom. The predicted octanol–water partition coefficient (Wildman–Crippen LogP) is 2.86. The van der Waals surface area contributed by atoms with Crippen molar-refractivity contribution in [3.05, 3.63) is 53.4 Å². The second kappa shape index (κ2) is 10.6. The largest absolute Gasteiger partial charge is 0.471 e. The maximum atomic E-state index is 11.8. The van der Waals surface area contributed by atoms with Gasteiger partial charge in [0.25, 0.3) is 3.91 Å². The molecule has 0 fully saturated rings. The minimum Gasteiger partial charge on any atom is -0.471 e. The number of hydrogen-bond donors (Lipinski definition) is 3. The van der Waals surface area contributed by atoms with E-state index in [-0.39, 0.29) is 15.8 Å². The van der Waals surface area contributed by atoms with Crippen molar-refractivity contribution in [3.63, 3.8) is 0 Å². The third-order valence-corrected chi connectivity index (χ3v) is 5.44. The molecule has 1 aliphatic rings. The molecule has 172 valence electrons. The van der Waals surface area contributed by atoms with Gasteiger partial charge in [0, 0.05) is 48.6 Å². The number of nitrogens with zero attached hydrogens (tertiary/aromatic N) is 4. The molecule has 4 rings (SSSR count). The molecule has 0 saturated carbocycles. The number of hydrogen-bond acceptors (Lipinski definition) is 7. The Morgan fingerprint density at radius 3 is 2.64 bits per heavy atom. The van der Waals surface area contributed by atoms with Crippen LogP contribution in [0.3, 0.4) is 0 Å². The first kappa shape index (κ1) is 23.0. The number of halogens is 1. The number of carbonyl (C=O) groups excluding carboxylic acids is 2. The van der Waals surface area contributed by atoms with E-state index in [2.05, 4.69) is 31.7 Å². The summed E-state index contributed by atoms with van der Waals surface area (Å²) in [4.78, 5) is 35.7. The van der Waals surface area contributed by atoms with E-state index in [1.165, 1.54) is 5.57 Å². The first-order chi connectivity index (χ1) is 16.0. The van der Waals surface area contributed by atoms with Crippen molar-refractivity contribution in [3.8, 4) is 5.88 Å². The lowest BCUT2D eigenvalue weighted by Gasteiger charge is -2.09. The highest BCUT2D eigenvalue weighted by molar-refractivity contribution is 14.1. The van der Waals surface area contributed by atoms with Gasteiger partial charge in [-0.15, -0.1) is 0 Å². The molecule has 2 heterocycles. The fourth-order valence-corrected chi connectivity index (χ4v) is 3.43. The van der Waals surface area contributed by atoms with E-state index >= 15 is 0 Å². The molecule has 1 aliphatic carbocycles. The highest BCUT2D eigenvalue weighted by Gasteiger charge is 2.15. The molecule has 0 radical (unpaired) electrons. The van der Waals surface area contributed by atoms with Gasteiger partial charge in [0.1, 0.15) is 6.61 Å². The summed E-state index contributed by atoms with van der Waals surface area (Å²) in [7, 11) is 0. The van der Waals surface area contributed by atoms with Gasteiger partial charge in [0.05, 0.1) is 6.33 Å². The number of allylic oxidation sites excluding steroid dienone is 1. The van der Waals surface area contributed by atoms with Gasteiger partial charge in [-0.25, -0.2) is 4.98 Å². The molecule has 10 nitrogen and oxygen atoms in total. The minimum atomic E-state index is -0.0963. The van der Waals surface area contributed by atoms with Crippen LogP contribution in [0.25, 0.3) is 11.2 Å². The molecule has 0 unspecified atom stereocenters. The van der Waals surface area contributed by atoms with Crippen LogP contribution >= 0.6 is 22.6 Å². The minimum absolute atomic E-state index is 0.0549. The monoisotopic (exact) mass is 561 g/mol. The molecule has 3 aromatic rings. The summed E-state index contributed by atoms with van der Waals surface area (Å²) in [5.41, 5.74) is 10.2. The smallest absolute Gasteiger partial charge is 0.280 e. The van der Waals surface area contributed by atoms with Crippen LogP contribution in [0.15, 0.2) is 42.2 Å². The van der Waals surface area contributed by atoms with Crippen molar-refractivity contribution >= 4 is 49.5 Å². The lowest BCUT2D eigenvalue weighted by molar-refractivity contribution is -0.120. The molecule has 11 heteroatoms. The van der Waals surface area contributed by atoms with Crippen LogP contribution < -0.4 is 21.1 Å². The molecule has 0 bridgehead atoms. The van der Waals surface area contributed by atoms with E-state index < -0.39 is 0 Å². The number of rotatable bonds is 11. The van der Waals surface area contributed by atoms with Crippen molar-refractivity contribution in [1.29, 1.82) is 0 Å². The number of ether oxygens (including phenoxy) is 1. The number of imidazole rings is 1. The molecule has 0 saturated heterocycles. The van der Waals surface area contributed by atoms with Crippen LogP contribution in [-0.2, 0) is 24.5 Å². The number of fused-ring (bicyclic) bond motifs is 1. The number of aromatic nitrogens is 4. The molecule has 0 aliphatic heterocycles. The van der Waals surface area contributed by atoms with E-state index in [1.54, 1.807) is 28.9 Å². The molecule has 33 heavy (non-hydrogen) atoms. The Bertz CT molecular complexity index is 1190. The van der Waals surface area contributed by atoms with Crippen molar-refractivity contribution in [2.75, 3.05) is 12.3 Å². The van der Waals surface area contributed by atoms with E-state index in [0.717, 1.165) is 24.0 Å². The molecular weight excluding hydrogens is 537 g/mol. The van der Waals surface area contributed by atoms with Gasteiger partial charge in [-0.2, -0.15) is 9.97 Å². The SMILES string of the molecule is Nc1nc(OCc2ccc(CNC(=O)I)cc2)c2ncn(CCCNC(=O)CC3=CC3)c2n1. The van der Waals surface area contributed by atoms with Crippen LogP contribution in [-0.4, -0.2) is 35.9 Å². The Labute approximate surface area is 204 Å². The Balaban J connectivity index is 1.34. The van der Waals surface area contributed by atoms with Crippen molar-refractivity contribution in [2.24, 2.45) is 0 Å². The van der Waals surface area contributed by atoms with Gasteiger partial charge < -0.3 is 25.7 Å². The molecule has 2 amide bonds. The summed E-state index contributed by atoms with van der Waals surface area (Å²) >= 11 is 1.71. The maximum absolute atomic E-state index is 11.8. The fraction of sp³-hybridized carbons (Fsp3) is 0.318. The fourth-order valence-electron chi connectivity index (χ4n) is 3.24. The van der Waals surface area contributed by atoms with Gasteiger partial charge in [-0.05, 0) is 24.0 Å². The third kappa shape index (κ3) is 6.63. The predicted molar refractivity (Wildman–Crippen MR) is 132 cm³/mol. The third-order valence-electron chi connectivity index (χ3n) is 5.06. The average Bonchev–Trinajstić information content (AvgIpc) is 3.51. The Morgan fingerprint density at radius 1 is 1.15 bits per heavy atom. The number of amides is 2. The molecule has 2 aromatic heterocycles. The zero-order chi connectivity index (χ0) is 23.2. The van der Waals surface area contributed by atoms with Crippen LogP contribution in [0.2, 0.25) is 0 Å². The summed E-state index contributed by atoms with van der Waals surface area (Å²) < 4.78 is 7.68. The van der Waals surface area contributed by atoms with Crippen molar-refractivity contribution < 1.29 is 14.3 Å². The quantitative estimate of drug-likeness (QED) is 0.108. The molecule has 4 N–H and O–H groups in total. The van der Waals surface area contributed by atoms with Gasteiger partial charge in [-0.1, -0.05) is 35.9 Å². The lowest BCUT2D eigenvalue weighted by Crippen LogP contribution is -2.24. The van der Waals surface area contributed by atoms with E-state index in [0.29, 0.717) is 49.7 Å². The first-order valence-corrected chi connectivity index (χ1v) is 11.6. The number of aryl methyl sites for hydroxylation is 1. The first-order valence-electron chi connectivity index (χ1n) is 10.5. The van der Waals surface area contributed by atoms with Crippen molar-refractivity contribution in [1.82, 2.24) is 30.2 Å². The van der Waals surface area contributed by atoms with E-state index in [4.69, 9.17) is 10.5 Å². The number of benzene rings is 1. The maximum Gasteiger partial charge on any atom is 0.280 e. The summed E-state index contributed by atoms with van der Waals surface area (Å²) in [6, 6.07) is 7.74. The summed E-state index contributed by atoms with van der Waals surface area (Å²) in [6.07, 6.45) is 5.93. The van der Waals surface area contributed by atoms with Crippen LogP contribution in [0.1, 0.15) is 30.4 Å². The van der Waals surface area contributed by atoms with Crippen LogP contribution in [0.4, 0.5) is 10.7 Å². The molecular formula is C22H24IN7O3. The second-order valence-electron chi connectivity index (χ2n) is 7.68. The summed E-state index contributed by atoms with van der Waals surface area (Å²) in [6.45, 7) is 1.97. The topological polar surface area (TPSA) is 137 Å². The highest BCUT2D eigenvalue weighted by atomic mass is 127. The Hall–Kier alpha value is -3.22. The average molecular weight is 561 g/mol. The lowest BCUT2D eigenvalue weighted by atomic mass is 10.1. The van der Waals surface area contributed by atoms with E-state index in [1.807, 2.05) is 28.8 Å². The van der Waals surface area contributed by atoms with Gasteiger partial charge in [0.2, 0.25) is 17.7 Å². The van der Waals surface area contributed by atoms with Gasteiger partial charge >= 0.3 is 0 Å². The van der Waals surface area contributed by atoms with Crippen molar-refractivity contribution in [2.45, 2.75) is 39.0 Å². The number of carbonyl (C=O) groups is 2. The van der Waals surface area contributed by atoms with E-state index in [9.17, 15) is 9.59 Å². The summed E-state index contributed by atoms with van der Waals surface area (Å²) in [5.74, 6) is 0.484. The number of nitrogen functional groups attached to an aromatic ring is 1. The standard InChI is InChI=1S/C22H24IN7O3/c23-21(32)26-11-15-4-6-16(7-5-15)12-33-20-18-19(28-22(24)29-20)30(13-27-18)9-1-8-25-17(31)10-14-2-3-14/h2,4-7,13H,1,3,8-12H2,(H,25,31)(H,26,32)(H2,24,28,29). The second-order valence-corrected chi connectivity index (χ2v) is 8.66. The normalized spacial score (nSPS) is 12.3. The summed E-state index contributed by atoms with van der Waals surface area (Å²) in [5, 5.41) is 5.68. The number of anilines is 1. The number of nitrogens with two attached hydrogens (primary N) is 1. The van der Waals surface area contributed by atoms with Gasteiger partial charge in [0.15, 0.2) is 11.2 Å². The van der Waals surface area contributed by atoms with Crippen LogP contribution in [0.5, 0.6) is 5.88 Å².